The average molecular weight is 511 g/mol. The average Bonchev–Trinajstić information content (AvgIpc) is 2.63. The van der Waals surface area contributed by atoms with Crippen molar-refractivity contribution in [3.8, 4) is 0 Å². The molecule has 0 aromatic heterocycles. The van der Waals surface area contributed by atoms with E-state index in [-0.39, 0.29) is 35.6 Å². The second-order valence-electron chi connectivity index (χ2n) is 8.61. The summed E-state index contributed by atoms with van der Waals surface area (Å²) in [5.41, 5.74) is 0.853. The maximum absolute atomic E-state index is 12.7. The van der Waals surface area contributed by atoms with Crippen molar-refractivity contribution >= 4 is 29.2 Å². The van der Waals surface area contributed by atoms with Crippen LogP contribution in [0.15, 0.2) is 18.2 Å². The zero-order valence-electron chi connectivity index (χ0n) is 18.5. The Balaban J connectivity index is 0.00000784. The molecule has 0 saturated heterocycles. The summed E-state index contributed by atoms with van der Waals surface area (Å²) in [6.45, 7) is 2.48. The van der Waals surface area contributed by atoms with Gasteiger partial charge in [0.15, 0.2) is 6.04 Å². The topological polar surface area (TPSA) is 26.3 Å². The first kappa shape index (κ1) is 28.7. The molecule has 3 nitrogen and oxygen atoms in total. The van der Waals surface area contributed by atoms with Gasteiger partial charge in [0.25, 0.3) is 0 Å². The molecular formula is C23H38BrCl2NO2. The monoisotopic (exact) mass is 509 g/mol. The highest BCUT2D eigenvalue weighted by atomic mass is 79.9. The highest BCUT2D eigenvalue weighted by Gasteiger charge is 2.32. The molecule has 0 fully saturated rings. The Morgan fingerprint density at radius 2 is 1.48 bits per heavy atom. The summed E-state index contributed by atoms with van der Waals surface area (Å²) in [4.78, 5) is 12.7. The summed E-state index contributed by atoms with van der Waals surface area (Å²) in [5, 5.41) is 0.986. The number of unbranched alkanes of at least 4 members (excludes halogenated alkanes) is 8. The molecule has 1 atom stereocenters. The predicted molar refractivity (Wildman–Crippen MR) is 120 cm³/mol. The largest absolute Gasteiger partial charge is 1.00 e. The van der Waals surface area contributed by atoms with Crippen molar-refractivity contribution in [3.63, 3.8) is 0 Å². The molecule has 0 saturated carbocycles. The third kappa shape index (κ3) is 12.2. The van der Waals surface area contributed by atoms with Crippen LogP contribution in [0.4, 0.5) is 0 Å². The Kier molecular flexibility index (Phi) is 15.3. The molecule has 0 aliphatic rings. The number of quaternary nitrogens is 1. The van der Waals surface area contributed by atoms with Crippen LogP contribution < -0.4 is 17.0 Å². The van der Waals surface area contributed by atoms with Gasteiger partial charge in [0.2, 0.25) is 0 Å². The Hall–Kier alpha value is -0.290. The van der Waals surface area contributed by atoms with Crippen molar-refractivity contribution < 1.29 is 31.0 Å². The van der Waals surface area contributed by atoms with Crippen LogP contribution in [-0.2, 0) is 16.1 Å². The fourth-order valence-corrected chi connectivity index (χ4v) is 3.67. The van der Waals surface area contributed by atoms with Crippen LogP contribution in [-0.4, -0.2) is 37.6 Å². The van der Waals surface area contributed by atoms with Gasteiger partial charge < -0.3 is 26.2 Å². The first-order chi connectivity index (χ1) is 13.3. The predicted octanol–water partition coefficient (Wildman–Crippen LogP) is 4.04. The van der Waals surface area contributed by atoms with E-state index in [1.165, 1.54) is 51.4 Å². The Labute approximate surface area is 198 Å². The summed E-state index contributed by atoms with van der Waals surface area (Å²) >= 11 is 12.0. The van der Waals surface area contributed by atoms with E-state index >= 15 is 0 Å². The van der Waals surface area contributed by atoms with Gasteiger partial charge in [-0.15, -0.1) is 0 Å². The van der Waals surface area contributed by atoms with Gasteiger partial charge in [-0.3, -0.25) is 0 Å². The van der Waals surface area contributed by atoms with Crippen molar-refractivity contribution in [1.29, 1.82) is 0 Å². The number of hydrogen-bond donors (Lipinski definition) is 0. The lowest BCUT2D eigenvalue weighted by atomic mass is 10.0. The molecule has 0 aliphatic heterocycles. The molecule has 1 unspecified atom stereocenters. The van der Waals surface area contributed by atoms with E-state index in [4.69, 9.17) is 27.9 Å². The summed E-state index contributed by atoms with van der Waals surface area (Å²) in [6.07, 6.45) is 12.4. The van der Waals surface area contributed by atoms with Crippen LogP contribution in [0.3, 0.4) is 0 Å². The summed E-state index contributed by atoms with van der Waals surface area (Å²) in [5.74, 6) is -0.141. The molecule has 1 aromatic carbocycles. The number of rotatable bonds is 14. The number of hydrogen-bond acceptors (Lipinski definition) is 2. The number of carbonyl (C=O) groups is 1. The molecule has 168 valence electrons. The number of benzene rings is 1. The first-order valence-corrected chi connectivity index (χ1v) is 11.4. The minimum Gasteiger partial charge on any atom is -1.00 e. The highest BCUT2D eigenvalue weighted by molar-refractivity contribution is 6.42. The lowest BCUT2D eigenvalue weighted by molar-refractivity contribution is -0.887. The summed E-state index contributed by atoms with van der Waals surface area (Å²) in [7, 11) is 6.16. The Bertz CT molecular complexity index is 591. The maximum atomic E-state index is 12.7. The van der Waals surface area contributed by atoms with Gasteiger partial charge in [0.05, 0.1) is 31.2 Å². The van der Waals surface area contributed by atoms with Gasteiger partial charge in [0.1, 0.15) is 6.61 Å². The summed E-state index contributed by atoms with van der Waals surface area (Å²) in [6, 6.07) is 5.17. The zero-order valence-corrected chi connectivity index (χ0v) is 21.6. The molecule has 1 rings (SSSR count). The number of likely N-dealkylation sites (N-methyl/N-ethyl adjacent to an activating group) is 1. The van der Waals surface area contributed by atoms with Crippen molar-refractivity contribution in [2.24, 2.45) is 0 Å². The molecule has 1 aromatic rings. The second kappa shape index (κ2) is 15.5. The zero-order chi connectivity index (χ0) is 21.0. The number of carbonyl (C=O) groups excluding carboxylic acids is 1. The van der Waals surface area contributed by atoms with Crippen LogP contribution in [0.25, 0.3) is 0 Å². The molecule has 0 heterocycles. The number of halogens is 3. The molecule has 0 radical (unpaired) electrons. The van der Waals surface area contributed by atoms with Gasteiger partial charge >= 0.3 is 5.97 Å². The van der Waals surface area contributed by atoms with E-state index in [0.717, 1.165) is 18.4 Å². The molecule has 29 heavy (non-hydrogen) atoms. The SMILES string of the molecule is CCCCCCCCCCCC(C(=O)OCc1ccc(Cl)c(Cl)c1)[N+](C)(C)C.[Br-]. The molecule has 0 amide bonds. The van der Waals surface area contributed by atoms with Gasteiger partial charge in [-0.2, -0.15) is 0 Å². The lowest BCUT2D eigenvalue weighted by Gasteiger charge is -2.32. The standard InChI is InChI=1S/C23H38Cl2NO2.BrH/c1-5-6-7-8-9-10-11-12-13-14-22(26(2,3)4)23(27)28-18-19-15-16-20(24)21(25)17-19;/h15-17,22H,5-14,18H2,1-4H3;1H/q+1;/p-1. The van der Waals surface area contributed by atoms with Crippen molar-refractivity contribution in [3.05, 3.63) is 33.8 Å². The molecule has 0 aliphatic carbocycles. The number of esters is 1. The lowest BCUT2D eigenvalue weighted by Crippen LogP contribution is -3.00. The molecule has 0 N–H and O–H groups in total. The van der Waals surface area contributed by atoms with E-state index in [0.29, 0.717) is 14.5 Å². The quantitative estimate of drug-likeness (QED) is 0.214. The van der Waals surface area contributed by atoms with Gasteiger partial charge in [0, 0.05) is 6.42 Å². The summed E-state index contributed by atoms with van der Waals surface area (Å²) < 4.78 is 6.17. The van der Waals surface area contributed by atoms with E-state index in [1.807, 2.05) is 6.07 Å². The van der Waals surface area contributed by atoms with Crippen LogP contribution in [0.2, 0.25) is 10.0 Å². The molecule has 0 bridgehead atoms. The normalized spacial score (nSPS) is 12.3. The van der Waals surface area contributed by atoms with E-state index in [2.05, 4.69) is 28.1 Å². The van der Waals surface area contributed by atoms with Crippen LogP contribution in [0.5, 0.6) is 0 Å². The van der Waals surface area contributed by atoms with Gasteiger partial charge in [-0.05, 0) is 24.1 Å². The van der Waals surface area contributed by atoms with Crippen LogP contribution in [0, 0.1) is 0 Å². The molecule has 0 spiro atoms. The fourth-order valence-electron chi connectivity index (χ4n) is 3.35. The number of ether oxygens (including phenoxy) is 1. The minimum absolute atomic E-state index is 0. The van der Waals surface area contributed by atoms with Crippen molar-refractivity contribution in [2.75, 3.05) is 21.1 Å². The third-order valence-electron chi connectivity index (χ3n) is 5.15. The second-order valence-corrected chi connectivity index (χ2v) is 9.42. The van der Waals surface area contributed by atoms with Crippen LogP contribution in [0.1, 0.15) is 76.7 Å². The van der Waals surface area contributed by atoms with Crippen molar-refractivity contribution in [2.45, 2.75) is 83.8 Å². The first-order valence-electron chi connectivity index (χ1n) is 10.7. The van der Waals surface area contributed by atoms with E-state index < -0.39 is 0 Å². The van der Waals surface area contributed by atoms with Crippen molar-refractivity contribution in [1.82, 2.24) is 0 Å². The van der Waals surface area contributed by atoms with Gasteiger partial charge in [-0.25, -0.2) is 4.79 Å². The minimum atomic E-state index is -0.146. The molecular weight excluding hydrogens is 473 g/mol. The maximum Gasteiger partial charge on any atom is 0.365 e. The Morgan fingerprint density at radius 1 is 0.931 bits per heavy atom. The van der Waals surface area contributed by atoms with Gasteiger partial charge in [-0.1, -0.05) is 87.6 Å². The van der Waals surface area contributed by atoms with E-state index in [1.54, 1.807) is 12.1 Å². The molecule has 6 heteroatoms. The Morgan fingerprint density at radius 3 is 2.00 bits per heavy atom. The van der Waals surface area contributed by atoms with E-state index in [9.17, 15) is 4.79 Å². The third-order valence-corrected chi connectivity index (χ3v) is 5.89. The van der Waals surface area contributed by atoms with Crippen LogP contribution >= 0.6 is 23.2 Å². The number of nitrogens with zero attached hydrogens (tertiary/aromatic N) is 1. The fraction of sp³-hybridized carbons (Fsp3) is 0.696. The smallest absolute Gasteiger partial charge is 0.365 e. The highest BCUT2D eigenvalue weighted by Crippen LogP contribution is 2.23.